The average Bonchev–Trinajstić information content (AvgIpc) is 2.37. The van der Waals surface area contributed by atoms with Crippen LogP contribution in [0.15, 0.2) is 40.2 Å². The molecule has 1 atom stereocenters. The van der Waals surface area contributed by atoms with Crippen LogP contribution in [0.4, 0.5) is 10.1 Å². The van der Waals surface area contributed by atoms with Crippen molar-refractivity contribution in [3.05, 3.63) is 57.8 Å². The van der Waals surface area contributed by atoms with Crippen LogP contribution < -0.4 is 10.7 Å². The van der Waals surface area contributed by atoms with Crippen molar-refractivity contribution < 1.29 is 13.4 Å². The summed E-state index contributed by atoms with van der Waals surface area (Å²) >= 11 is 0. The summed E-state index contributed by atoms with van der Waals surface area (Å²) in [5.74, 6) is -1.31. The molecule has 1 heterocycles. The van der Waals surface area contributed by atoms with E-state index in [0.29, 0.717) is 5.69 Å². The van der Waals surface area contributed by atoms with Gasteiger partial charge < -0.3 is 10.3 Å². The van der Waals surface area contributed by atoms with Crippen molar-refractivity contribution in [2.75, 3.05) is 11.6 Å². The van der Waals surface area contributed by atoms with Crippen LogP contribution in [0.1, 0.15) is 16.1 Å². The van der Waals surface area contributed by atoms with Gasteiger partial charge in [0.25, 0.3) is 5.91 Å². The van der Waals surface area contributed by atoms with Gasteiger partial charge in [0, 0.05) is 29.9 Å². The second kappa shape index (κ2) is 6.01. The number of carbonyl (C=O) groups is 1. The monoisotopic (exact) mass is 308 g/mol. The van der Waals surface area contributed by atoms with Gasteiger partial charge in [-0.1, -0.05) is 0 Å². The number of carbonyl (C=O) groups excluding carboxylic acids is 1. The van der Waals surface area contributed by atoms with Gasteiger partial charge in [0.15, 0.2) is 5.43 Å². The summed E-state index contributed by atoms with van der Waals surface area (Å²) < 4.78 is 24.9. The first-order valence-corrected chi connectivity index (χ1v) is 7.58. The van der Waals surface area contributed by atoms with Gasteiger partial charge in [0.05, 0.1) is 15.7 Å². The maximum absolute atomic E-state index is 13.7. The SMILES string of the molecule is Cc1cc(=O)c(C(=O)Nc2ccc([S@@](C)=O)c(F)c2)c[nH]1. The van der Waals surface area contributed by atoms with Crippen molar-refractivity contribution in [1.29, 1.82) is 0 Å². The highest BCUT2D eigenvalue weighted by molar-refractivity contribution is 7.84. The fourth-order valence-corrected chi connectivity index (χ4v) is 2.35. The minimum Gasteiger partial charge on any atom is -0.364 e. The molecule has 1 aromatic heterocycles. The van der Waals surface area contributed by atoms with Gasteiger partial charge in [-0.25, -0.2) is 4.39 Å². The van der Waals surface area contributed by atoms with Crippen LogP contribution >= 0.6 is 0 Å². The van der Waals surface area contributed by atoms with E-state index in [9.17, 15) is 18.2 Å². The van der Waals surface area contributed by atoms with E-state index in [1.807, 2.05) is 0 Å². The number of H-pyrrole nitrogens is 1. The second-order valence-corrected chi connectivity index (χ2v) is 5.80. The smallest absolute Gasteiger partial charge is 0.261 e. The minimum absolute atomic E-state index is 0.0567. The Kier molecular flexibility index (Phi) is 4.32. The third-order valence-electron chi connectivity index (χ3n) is 2.80. The Bertz CT molecular complexity index is 786. The van der Waals surface area contributed by atoms with Gasteiger partial charge >= 0.3 is 0 Å². The van der Waals surface area contributed by atoms with Gasteiger partial charge in [-0.15, -0.1) is 0 Å². The fourth-order valence-electron chi connectivity index (χ4n) is 1.76. The molecule has 0 fully saturated rings. The van der Waals surface area contributed by atoms with Crippen molar-refractivity contribution in [2.45, 2.75) is 11.8 Å². The lowest BCUT2D eigenvalue weighted by Gasteiger charge is -2.07. The highest BCUT2D eigenvalue weighted by atomic mass is 32.2. The van der Waals surface area contributed by atoms with Crippen molar-refractivity contribution in [3.8, 4) is 0 Å². The predicted molar refractivity (Wildman–Crippen MR) is 78.5 cm³/mol. The highest BCUT2D eigenvalue weighted by Crippen LogP contribution is 2.17. The van der Waals surface area contributed by atoms with Crippen LogP contribution in [-0.2, 0) is 10.8 Å². The third-order valence-corrected chi connectivity index (χ3v) is 3.75. The van der Waals surface area contributed by atoms with E-state index in [1.54, 1.807) is 6.92 Å². The summed E-state index contributed by atoms with van der Waals surface area (Å²) in [6.07, 6.45) is 2.67. The number of nitrogens with one attached hydrogen (secondary N) is 2. The van der Waals surface area contributed by atoms with E-state index in [4.69, 9.17) is 0 Å². The molecule has 21 heavy (non-hydrogen) atoms. The number of aromatic nitrogens is 1. The number of amides is 1. The number of hydrogen-bond donors (Lipinski definition) is 2. The molecular formula is C14H13FN2O3S. The normalized spacial score (nSPS) is 12.0. The Morgan fingerprint density at radius 1 is 1.33 bits per heavy atom. The number of aryl methyl sites for hydroxylation is 1. The fraction of sp³-hybridized carbons (Fsp3) is 0.143. The van der Waals surface area contributed by atoms with E-state index < -0.39 is 28.0 Å². The van der Waals surface area contributed by atoms with E-state index in [1.165, 1.54) is 30.7 Å². The van der Waals surface area contributed by atoms with Gasteiger partial charge in [0.2, 0.25) is 0 Å². The lowest BCUT2D eigenvalue weighted by molar-refractivity contribution is 0.102. The standard InChI is InChI=1S/C14H13FN2O3S/c1-8-5-12(18)10(7-16-8)14(19)17-9-3-4-13(21(2)20)11(15)6-9/h3-7H,1-2H3,(H,16,18)(H,17,19)/t21-/m1/s1. The molecule has 0 unspecified atom stereocenters. The first-order valence-electron chi connectivity index (χ1n) is 6.02. The molecule has 1 aromatic carbocycles. The zero-order valence-corrected chi connectivity index (χ0v) is 12.2. The Morgan fingerprint density at radius 3 is 2.62 bits per heavy atom. The molecule has 0 aliphatic carbocycles. The maximum atomic E-state index is 13.7. The molecule has 0 radical (unpaired) electrons. The molecular weight excluding hydrogens is 295 g/mol. The lowest BCUT2D eigenvalue weighted by Crippen LogP contribution is -2.21. The molecule has 0 saturated carbocycles. The summed E-state index contributed by atoms with van der Waals surface area (Å²) in [5.41, 5.74) is 0.337. The van der Waals surface area contributed by atoms with E-state index in [-0.39, 0.29) is 16.1 Å². The first-order chi connectivity index (χ1) is 9.88. The molecule has 0 spiro atoms. The van der Waals surface area contributed by atoms with E-state index in [2.05, 4.69) is 10.3 Å². The van der Waals surface area contributed by atoms with Gasteiger partial charge in [0.1, 0.15) is 11.4 Å². The minimum atomic E-state index is -1.45. The van der Waals surface area contributed by atoms with Crippen molar-refractivity contribution in [3.63, 3.8) is 0 Å². The van der Waals surface area contributed by atoms with Crippen molar-refractivity contribution >= 4 is 22.4 Å². The van der Waals surface area contributed by atoms with Gasteiger partial charge in [-0.3, -0.25) is 13.8 Å². The third kappa shape index (κ3) is 3.43. The van der Waals surface area contributed by atoms with Crippen molar-refractivity contribution in [2.24, 2.45) is 0 Å². The molecule has 7 heteroatoms. The predicted octanol–water partition coefficient (Wildman–Crippen LogP) is 1.81. The molecule has 0 bridgehead atoms. The van der Waals surface area contributed by atoms with Crippen LogP contribution in [0.2, 0.25) is 0 Å². The van der Waals surface area contributed by atoms with Crippen molar-refractivity contribution in [1.82, 2.24) is 4.98 Å². The number of anilines is 1. The Morgan fingerprint density at radius 2 is 2.05 bits per heavy atom. The lowest BCUT2D eigenvalue weighted by atomic mass is 10.2. The van der Waals surface area contributed by atoms with E-state index in [0.717, 1.165) is 6.07 Å². The molecule has 0 aliphatic rings. The van der Waals surface area contributed by atoms with E-state index >= 15 is 0 Å². The Labute approximate surface area is 122 Å². The zero-order chi connectivity index (χ0) is 15.6. The topological polar surface area (TPSA) is 79.0 Å². The van der Waals surface area contributed by atoms with Crippen LogP contribution in [0.5, 0.6) is 0 Å². The molecule has 2 aromatic rings. The van der Waals surface area contributed by atoms with Crippen LogP contribution in [-0.4, -0.2) is 21.4 Å². The largest absolute Gasteiger partial charge is 0.364 e. The Balaban J connectivity index is 2.26. The Hall–Kier alpha value is -2.28. The quantitative estimate of drug-likeness (QED) is 0.907. The second-order valence-electron chi connectivity index (χ2n) is 4.45. The number of halogens is 1. The van der Waals surface area contributed by atoms with Gasteiger partial charge in [-0.05, 0) is 25.1 Å². The highest BCUT2D eigenvalue weighted by Gasteiger charge is 2.12. The molecule has 110 valence electrons. The number of benzene rings is 1. The average molecular weight is 308 g/mol. The first kappa shape index (κ1) is 15.1. The molecule has 5 nitrogen and oxygen atoms in total. The van der Waals surface area contributed by atoms with Crippen LogP contribution in [0, 0.1) is 12.7 Å². The van der Waals surface area contributed by atoms with Crippen LogP contribution in [0.3, 0.4) is 0 Å². The zero-order valence-electron chi connectivity index (χ0n) is 11.4. The van der Waals surface area contributed by atoms with Crippen LogP contribution in [0.25, 0.3) is 0 Å². The summed E-state index contributed by atoms with van der Waals surface area (Å²) in [5, 5.41) is 2.43. The number of hydrogen-bond acceptors (Lipinski definition) is 3. The molecule has 2 N–H and O–H groups in total. The number of rotatable bonds is 3. The molecule has 1 amide bonds. The number of pyridine rings is 1. The molecule has 0 aliphatic heterocycles. The summed E-state index contributed by atoms with van der Waals surface area (Å²) in [4.78, 5) is 26.5. The summed E-state index contributed by atoms with van der Waals surface area (Å²) in [6.45, 7) is 1.70. The van der Waals surface area contributed by atoms with Gasteiger partial charge in [-0.2, -0.15) is 0 Å². The molecule has 2 rings (SSSR count). The summed E-state index contributed by atoms with van der Waals surface area (Å²) in [7, 11) is -1.45. The number of aromatic amines is 1. The molecule has 0 saturated heterocycles. The summed E-state index contributed by atoms with van der Waals surface area (Å²) in [6, 6.07) is 5.14. The maximum Gasteiger partial charge on any atom is 0.261 e.